The van der Waals surface area contributed by atoms with Crippen LogP contribution in [0.1, 0.15) is 46.0 Å². The van der Waals surface area contributed by atoms with Gasteiger partial charge >= 0.3 is 0 Å². The maximum atomic E-state index is 11.7. The van der Waals surface area contributed by atoms with E-state index in [0.717, 1.165) is 38.6 Å². The molecule has 0 aliphatic heterocycles. The van der Waals surface area contributed by atoms with Crippen LogP contribution in [-0.2, 0) is 4.79 Å². The number of carbonyl (C=O) groups is 1. The first-order chi connectivity index (χ1) is 8.17. The zero-order chi connectivity index (χ0) is 12.7. The van der Waals surface area contributed by atoms with Crippen LogP contribution in [0.3, 0.4) is 0 Å². The third-order valence-electron chi connectivity index (χ3n) is 3.26. The highest BCUT2D eigenvalue weighted by Gasteiger charge is 2.25. The van der Waals surface area contributed by atoms with E-state index in [2.05, 4.69) is 17.6 Å². The predicted octanol–water partition coefficient (Wildman–Crippen LogP) is 1.04. The van der Waals surface area contributed by atoms with E-state index in [1.807, 2.05) is 6.92 Å². The van der Waals surface area contributed by atoms with Crippen LogP contribution in [0.4, 0.5) is 0 Å². The van der Waals surface area contributed by atoms with Gasteiger partial charge in [-0.2, -0.15) is 0 Å². The Morgan fingerprint density at radius 3 is 2.65 bits per heavy atom. The summed E-state index contributed by atoms with van der Waals surface area (Å²) in [7, 11) is 0. The molecule has 1 aliphatic rings. The largest absolute Gasteiger partial charge is 0.396 e. The summed E-state index contributed by atoms with van der Waals surface area (Å²) in [5.74, 6) is 0.577. The number of aliphatic hydroxyl groups excluding tert-OH is 1. The number of nitrogens with one attached hydrogen (secondary N) is 2. The summed E-state index contributed by atoms with van der Waals surface area (Å²) in [5.41, 5.74) is 0. The van der Waals surface area contributed by atoms with Crippen LogP contribution in [0.2, 0.25) is 0 Å². The highest BCUT2D eigenvalue weighted by Crippen LogP contribution is 2.18. The molecular weight excluding hydrogens is 216 g/mol. The summed E-state index contributed by atoms with van der Waals surface area (Å²) >= 11 is 0. The molecule has 1 rings (SSSR count). The van der Waals surface area contributed by atoms with Crippen molar-refractivity contribution in [1.82, 2.24) is 10.6 Å². The Hall–Kier alpha value is -0.610. The van der Waals surface area contributed by atoms with E-state index in [1.165, 1.54) is 0 Å². The smallest absolute Gasteiger partial charge is 0.237 e. The van der Waals surface area contributed by atoms with E-state index in [-0.39, 0.29) is 18.6 Å². The maximum Gasteiger partial charge on any atom is 0.237 e. The van der Waals surface area contributed by atoms with Crippen LogP contribution in [-0.4, -0.2) is 36.2 Å². The molecule has 1 saturated carbocycles. The predicted molar refractivity (Wildman–Crippen MR) is 68.7 cm³/mol. The van der Waals surface area contributed by atoms with Gasteiger partial charge in [0.15, 0.2) is 0 Å². The van der Waals surface area contributed by atoms with Gasteiger partial charge in [-0.15, -0.1) is 0 Å². The first-order valence-electron chi connectivity index (χ1n) is 6.82. The molecular formula is C13H26N2O2. The Morgan fingerprint density at radius 2 is 2.12 bits per heavy atom. The SMILES string of the molecule is CCCC(CCO)CNC(C)C(=O)NC1CC1. The minimum absolute atomic E-state index is 0.103. The Bertz CT molecular complexity index is 223. The Morgan fingerprint density at radius 1 is 1.41 bits per heavy atom. The molecule has 0 heterocycles. The Labute approximate surface area is 104 Å². The fourth-order valence-electron chi connectivity index (χ4n) is 1.93. The van der Waals surface area contributed by atoms with Crippen molar-refractivity contribution in [1.29, 1.82) is 0 Å². The van der Waals surface area contributed by atoms with Crippen LogP contribution in [0, 0.1) is 5.92 Å². The van der Waals surface area contributed by atoms with Gasteiger partial charge in [-0.05, 0) is 45.1 Å². The third-order valence-corrected chi connectivity index (χ3v) is 3.26. The van der Waals surface area contributed by atoms with Crippen LogP contribution in [0.5, 0.6) is 0 Å². The van der Waals surface area contributed by atoms with Gasteiger partial charge in [-0.3, -0.25) is 4.79 Å². The number of aliphatic hydroxyl groups is 1. The molecule has 2 atom stereocenters. The summed E-state index contributed by atoms with van der Waals surface area (Å²) in [6, 6.07) is 0.296. The average Bonchev–Trinajstić information content (AvgIpc) is 3.10. The molecule has 4 nitrogen and oxygen atoms in total. The average molecular weight is 242 g/mol. The molecule has 17 heavy (non-hydrogen) atoms. The molecule has 100 valence electrons. The van der Waals surface area contributed by atoms with Crippen molar-refractivity contribution < 1.29 is 9.90 Å². The quantitative estimate of drug-likeness (QED) is 0.566. The van der Waals surface area contributed by atoms with E-state index in [9.17, 15) is 4.79 Å². The fraction of sp³-hybridized carbons (Fsp3) is 0.923. The van der Waals surface area contributed by atoms with Crippen molar-refractivity contribution in [2.75, 3.05) is 13.2 Å². The zero-order valence-electron chi connectivity index (χ0n) is 11.0. The summed E-state index contributed by atoms with van der Waals surface area (Å²) in [6.07, 6.45) is 5.29. The van der Waals surface area contributed by atoms with E-state index in [1.54, 1.807) is 0 Å². The highest BCUT2D eigenvalue weighted by molar-refractivity contribution is 5.81. The molecule has 1 amide bonds. The fourth-order valence-corrected chi connectivity index (χ4v) is 1.93. The van der Waals surface area contributed by atoms with Gasteiger partial charge in [-0.25, -0.2) is 0 Å². The van der Waals surface area contributed by atoms with Crippen LogP contribution >= 0.6 is 0 Å². The minimum atomic E-state index is -0.131. The van der Waals surface area contributed by atoms with E-state index < -0.39 is 0 Å². The number of rotatable bonds is 9. The second-order valence-corrected chi connectivity index (χ2v) is 5.08. The lowest BCUT2D eigenvalue weighted by Gasteiger charge is -2.19. The first kappa shape index (κ1) is 14.5. The topological polar surface area (TPSA) is 61.4 Å². The zero-order valence-corrected chi connectivity index (χ0v) is 11.0. The summed E-state index contributed by atoms with van der Waals surface area (Å²) in [4.78, 5) is 11.7. The van der Waals surface area contributed by atoms with E-state index in [0.29, 0.717) is 12.0 Å². The van der Waals surface area contributed by atoms with Gasteiger partial charge in [0.1, 0.15) is 0 Å². The number of hydrogen-bond acceptors (Lipinski definition) is 3. The standard InChI is InChI=1S/C13H26N2O2/c1-3-4-11(7-8-16)9-14-10(2)13(17)15-12-5-6-12/h10-12,14,16H,3-9H2,1-2H3,(H,15,17). The van der Waals surface area contributed by atoms with E-state index >= 15 is 0 Å². The van der Waals surface area contributed by atoms with Crippen LogP contribution in [0.25, 0.3) is 0 Å². The van der Waals surface area contributed by atoms with Gasteiger partial charge in [-0.1, -0.05) is 13.3 Å². The molecule has 4 heteroatoms. The first-order valence-corrected chi connectivity index (χ1v) is 6.82. The van der Waals surface area contributed by atoms with Crippen molar-refractivity contribution in [2.45, 2.75) is 58.0 Å². The summed E-state index contributed by atoms with van der Waals surface area (Å²) in [6.45, 7) is 5.09. The monoisotopic (exact) mass is 242 g/mol. The van der Waals surface area contributed by atoms with Crippen molar-refractivity contribution in [3.8, 4) is 0 Å². The maximum absolute atomic E-state index is 11.7. The van der Waals surface area contributed by atoms with Gasteiger partial charge in [0, 0.05) is 12.6 Å². The number of carbonyl (C=O) groups excluding carboxylic acids is 1. The molecule has 0 radical (unpaired) electrons. The summed E-state index contributed by atoms with van der Waals surface area (Å²) < 4.78 is 0. The number of hydrogen-bond donors (Lipinski definition) is 3. The molecule has 1 aliphatic carbocycles. The normalized spacial score (nSPS) is 18.8. The van der Waals surface area contributed by atoms with Gasteiger partial charge in [0.25, 0.3) is 0 Å². The lowest BCUT2D eigenvalue weighted by atomic mass is 10.00. The molecule has 0 spiro atoms. The molecule has 3 N–H and O–H groups in total. The molecule has 2 unspecified atom stereocenters. The third kappa shape index (κ3) is 6.03. The van der Waals surface area contributed by atoms with Crippen molar-refractivity contribution in [3.63, 3.8) is 0 Å². The molecule has 1 fully saturated rings. The second-order valence-electron chi connectivity index (χ2n) is 5.08. The van der Waals surface area contributed by atoms with Crippen molar-refractivity contribution in [3.05, 3.63) is 0 Å². The van der Waals surface area contributed by atoms with Gasteiger partial charge in [0.2, 0.25) is 5.91 Å². The lowest BCUT2D eigenvalue weighted by molar-refractivity contribution is -0.122. The summed E-state index contributed by atoms with van der Waals surface area (Å²) in [5, 5.41) is 15.2. The van der Waals surface area contributed by atoms with E-state index in [4.69, 9.17) is 5.11 Å². The Balaban J connectivity index is 2.18. The molecule has 0 aromatic rings. The Kier molecular flexibility index (Phi) is 6.52. The molecule has 0 aromatic carbocycles. The van der Waals surface area contributed by atoms with Gasteiger partial charge in [0.05, 0.1) is 6.04 Å². The van der Waals surface area contributed by atoms with Crippen LogP contribution in [0.15, 0.2) is 0 Å². The van der Waals surface area contributed by atoms with Crippen molar-refractivity contribution >= 4 is 5.91 Å². The highest BCUT2D eigenvalue weighted by atomic mass is 16.3. The van der Waals surface area contributed by atoms with Crippen molar-refractivity contribution in [2.24, 2.45) is 5.92 Å². The van der Waals surface area contributed by atoms with Gasteiger partial charge < -0.3 is 15.7 Å². The minimum Gasteiger partial charge on any atom is -0.396 e. The second kappa shape index (κ2) is 7.67. The molecule has 0 saturated heterocycles. The molecule has 0 aromatic heterocycles. The molecule has 0 bridgehead atoms. The lowest BCUT2D eigenvalue weighted by Crippen LogP contribution is -2.44. The van der Waals surface area contributed by atoms with Crippen LogP contribution < -0.4 is 10.6 Å². The number of amides is 1.